The minimum atomic E-state index is -1.08. The maximum Gasteiger partial charge on any atom is 0.316 e. The van der Waals surface area contributed by atoms with Gasteiger partial charge in [0.2, 0.25) is 0 Å². The molecule has 0 aromatic carbocycles. The van der Waals surface area contributed by atoms with Crippen LogP contribution in [0.25, 0.3) is 0 Å². The Bertz CT molecular complexity index is 227. The molecule has 1 unspecified atom stereocenters. The van der Waals surface area contributed by atoms with Crippen LogP contribution < -0.4 is 0 Å². The van der Waals surface area contributed by atoms with Crippen LogP contribution in [-0.4, -0.2) is 22.8 Å². The van der Waals surface area contributed by atoms with Crippen LogP contribution >= 0.6 is 0 Å². The number of aliphatic carboxylic acids is 1. The van der Waals surface area contributed by atoms with Gasteiger partial charge in [0.15, 0.2) is 0 Å². The Hall–Kier alpha value is -1.29. The lowest BCUT2D eigenvalue weighted by Crippen LogP contribution is -2.14. The summed E-state index contributed by atoms with van der Waals surface area (Å²) in [5.41, 5.74) is 0. The summed E-state index contributed by atoms with van der Waals surface area (Å²) < 4.78 is 4.81. The molecule has 0 fully saturated rings. The van der Waals surface area contributed by atoms with Crippen molar-refractivity contribution in [3.05, 3.63) is 24.2 Å². The number of hydrogen-bond acceptors (Lipinski definition) is 3. The lowest BCUT2D eigenvalue weighted by molar-refractivity contribution is -0.140. The normalized spacial score (nSPS) is 12.8. The summed E-state index contributed by atoms with van der Waals surface area (Å²) in [5, 5.41) is 17.2. The average molecular weight is 156 g/mol. The molecule has 0 bridgehead atoms. The maximum atomic E-state index is 10.4. The van der Waals surface area contributed by atoms with E-state index < -0.39 is 18.5 Å². The molecular weight excluding hydrogens is 148 g/mol. The first-order chi connectivity index (χ1) is 5.25. The molecule has 0 aliphatic rings. The number of aliphatic hydroxyl groups is 1. The second-order valence-electron chi connectivity index (χ2n) is 2.09. The standard InChI is InChI=1S/C7H8O4/c8-4-5(7(9)10)6-2-1-3-11-6/h1-3,5,8H,4H2,(H,9,10). The van der Waals surface area contributed by atoms with Gasteiger partial charge in [-0.3, -0.25) is 4.79 Å². The molecule has 0 amide bonds. The Balaban J connectivity index is 2.79. The van der Waals surface area contributed by atoms with Gasteiger partial charge in [-0.25, -0.2) is 0 Å². The van der Waals surface area contributed by atoms with Gasteiger partial charge in [0, 0.05) is 0 Å². The van der Waals surface area contributed by atoms with E-state index in [0.717, 1.165) is 0 Å². The zero-order valence-electron chi connectivity index (χ0n) is 5.73. The van der Waals surface area contributed by atoms with Crippen molar-refractivity contribution in [2.24, 2.45) is 0 Å². The molecule has 4 heteroatoms. The van der Waals surface area contributed by atoms with Crippen molar-refractivity contribution in [3.63, 3.8) is 0 Å². The number of furan rings is 1. The fraction of sp³-hybridized carbons (Fsp3) is 0.286. The summed E-state index contributed by atoms with van der Waals surface area (Å²) in [6, 6.07) is 3.11. The van der Waals surface area contributed by atoms with Crippen LogP contribution in [0.2, 0.25) is 0 Å². The molecule has 0 aliphatic heterocycles. The van der Waals surface area contributed by atoms with Crippen LogP contribution in [0, 0.1) is 0 Å². The van der Waals surface area contributed by atoms with E-state index in [9.17, 15) is 4.79 Å². The van der Waals surface area contributed by atoms with Gasteiger partial charge in [-0.05, 0) is 12.1 Å². The van der Waals surface area contributed by atoms with E-state index >= 15 is 0 Å². The van der Waals surface area contributed by atoms with Crippen LogP contribution in [0.1, 0.15) is 11.7 Å². The highest BCUT2D eigenvalue weighted by Crippen LogP contribution is 2.15. The Morgan fingerprint density at radius 1 is 1.73 bits per heavy atom. The van der Waals surface area contributed by atoms with Crippen LogP contribution in [0.3, 0.4) is 0 Å². The summed E-state index contributed by atoms with van der Waals surface area (Å²) in [6.45, 7) is -0.442. The minimum absolute atomic E-state index is 0.278. The molecule has 1 aromatic heterocycles. The largest absolute Gasteiger partial charge is 0.481 e. The summed E-state index contributed by atoms with van der Waals surface area (Å²) in [5.74, 6) is -1.74. The fourth-order valence-corrected chi connectivity index (χ4v) is 0.779. The Labute approximate surface area is 63.1 Å². The fourth-order valence-electron chi connectivity index (χ4n) is 0.779. The van der Waals surface area contributed by atoms with E-state index in [-0.39, 0.29) is 5.76 Å². The molecule has 11 heavy (non-hydrogen) atoms. The molecule has 0 saturated heterocycles. The molecule has 0 radical (unpaired) electrons. The van der Waals surface area contributed by atoms with Crippen molar-refractivity contribution in [1.82, 2.24) is 0 Å². The van der Waals surface area contributed by atoms with Crippen molar-refractivity contribution in [1.29, 1.82) is 0 Å². The number of carboxylic acids is 1. The first-order valence-electron chi connectivity index (χ1n) is 3.12. The highest BCUT2D eigenvalue weighted by atomic mass is 16.4. The molecular formula is C7H8O4. The van der Waals surface area contributed by atoms with E-state index in [2.05, 4.69) is 0 Å². The third-order valence-electron chi connectivity index (χ3n) is 1.37. The van der Waals surface area contributed by atoms with Crippen LogP contribution in [0.15, 0.2) is 22.8 Å². The van der Waals surface area contributed by atoms with Gasteiger partial charge >= 0.3 is 5.97 Å². The highest BCUT2D eigenvalue weighted by Gasteiger charge is 2.20. The number of carbonyl (C=O) groups is 1. The third kappa shape index (κ3) is 1.59. The average Bonchev–Trinajstić information content (AvgIpc) is 2.40. The second-order valence-corrected chi connectivity index (χ2v) is 2.09. The van der Waals surface area contributed by atoms with Gasteiger partial charge in [-0.1, -0.05) is 0 Å². The van der Waals surface area contributed by atoms with Gasteiger partial charge < -0.3 is 14.6 Å². The quantitative estimate of drug-likeness (QED) is 0.666. The zero-order valence-corrected chi connectivity index (χ0v) is 5.73. The summed E-state index contributed by atoms with van der Waals surface area (Å²) in [6.07, 6.45) is 1.38. The first-order valence-corrected chi connectivity index (χ1v) is 3.12. The number of hydrogen-bond donors (Lipinski definition) is 2. The van der Waals surface area contributed by atoms with Crippen molar-refractivity contribution >= 4 is 5.97 Å². The number of carboxylic acid groups (broad SMARTS) is 1. The van der Waals surface area contributed by atoms with Crippen molar-refractivity contribution in [2.75, 3.05) is 6.61 Å². The molecule has 0 spiro atoms. The predicted molar refractivity (Wildman–Crippen MR) is 36.2 cm³/mol. The Morgan fingerprint density at radius 2 is 2.45 bits per heavy atom. The minimum Gasteiger partial charge on any atom is -0.481 e. The number of rotatable bonds is 3. The van der Waals surface area contributed by atoms with Gasteiger partial charge in [0.05, 0.1) is 12.9 Å². The van der Waals surface area contributed by atoms with Gasteiger partial charge in [0.1, 0.15) is 11.7 Å². The monoisotopic (exact) mass is 156 g/mol. The van der Waals surface area contributed by atoms with Crippen molar-refractivity contribution in [3.8, 4) is 0 Å². The molecule has 0 aliphatic carbocycles. The van der Waals surface area contributed by atoms with Crippen LogP contribution in [-0.2, 0) is 4.79 Å². The Morgan fingerprint density at radius 3 is 2.82 bits per heavy atom. The molecule has 1 aromatic rings. The SMILES string of the molecule is O=C(O)C(CO)c1ccco1. The van der Waals surface area contributed by atoms with Crippen molar-refractivity contribution in [2.45, 2.75) is 5.92 Å². The maximum absolute atomic E-state index is 10.4. The van der Waals surface area contributed by atoms with Crippen molar-refractivity contribution < 1.29 is 19.4 Å². The predicted octanol–water partition coefficient (Wildman–Crippen LogP) is 0.440. The van der Waals surface area contributed by atoms with E-state index in [1.54, 1.807) is 6.07 Å². The van der Waals surface area contributed by atoms with Gasteiger partial charge in [-0.15, -0.1) is 0 Å². The van der Waals surface area contributed by atoms with Crippen LogP contribution in [0.5, 0.6) is 0 Å². The van der Waals surface area contributed by atoms with Gasteiger partial charge in [-0.2, -0.15) is 0 Å². The molecule has 1 rings (SSSR count). The smallest absolute Gasteiger partial charge is 0.316 e. The summed E-state index contributed by atoms with van der Waals surface area (Å²) in [4.78, 5) is 10.4. The topological polar surface area (TPSA) is 70.7 Å². The molecule has 1 atom stereocenters. The first kappa shape index (κ1) is 7.81. The lowest BCUT2D eigenvalue weighted by Gasteiger charge is -2.03. The van der Waals surface area contributed by atoms with Crippen LogP contribution in [0.4, 0.5) is 0 Å². The Kier molecular flexibility index (Phi) is 2.28. The number of aliphatic hydroxyl groups excluding tert-OH is 1. The van der Waals surface area contributed by atoms with E-state index in [4.69, 9.17) is 14.6 Å². The molecule has 4 nitrogen and oxygen atoms in total. The summed E-state index contributed by atoms with van der Waals surface area (Å²) in [7, 11) is 0. The van der Waals surface area contributed by atoms with E-state index in [0.29, 0.717) is 0 Å². The van der Waals surface area contributed by atoms with E-state index in [1.165, 1.54) is 12.3 Å². The summed E-state index contributed by atoms with van der Waals surface area (Å²) >= 11 is 0. The molecule has 1 heterocycles. The lowest BCUT2D eigenvalue weighted by atomic mass is 10.1. The van der Waals surface area contributed by atoms with E-state index in [1.807, 2.05) is 0 Å². The second kappa shape index (κ2) is 3.21. The molecule has 2 N–H and O–H groups in total. The highest BCUT2D eigenvalue weighted by molar-refractivity contribution is 5.75. The zero-order chi connectivity index (χ0) is 8.27. The molecule has 60 valence electrons. The van der Waals surface area contributed by atoms with Gasteiger partial charge in [0.25, 0.3) is 0 Å². The molecule has 0 saturated carbocycles. The third-order valence-corrected chi connectivity index (χ3v) is 1.37.